The SMILES string of the molecule is CCCCNC(=O)C(C)N(Cc1cccc(OC)c1)C(=O)CCC. The molecule has 0 radical (unpaired) electrons. The predicted molar refractivity (Wildman–Crippen MR) is 95.8 cm³/mol. The monoisotopic (exact) mass is 334 g/mol. The van der Waals surface area contributed by atoms with Crippen LogP contribution >= 0.6 is 0 Å². The van der Waals surface area contributed by atoms with Crippen molar-refractivity contribution >= 4 is 11.8 Å². The van der Waals surface area contributed by atoms with E-state index in [1.807, 2.05) is 31.2 Å². The van der Waals surface area contributed by atoms with E-state index >= 15 is 0 Å². The van der Waals surface area contributed by atoms with E-state index in [0.717, 1.165) is 30.6 Å². The van der Waals surface area contributed by atoms with Crippen LogP contribution in [0.1, 0.15) is 52.0 Å². The Morgan fingerprint density at radius 2 is 2.00 bits per heavy atom. The molecule has 0 heterocycles. The predicted octanol–water partition coefficient (Wildman–Crippen LogP) is 3.13. The van der Waals surface area contributed by atoms with Crippen LogP contribution in [-0.4, -0.2) is 36.4 Å². The number of nitrogens with one attached hydrogen (secondary N) is 1. The highest BCUT2D eigenvalue weighted by molar-refractivity contribution is 5.87. The van der Waals surface area contributed by atoms with Crippen LogP contribution in [0.4, 0.5) is 0 Å². The van der Waals surface area contributed by atoms with E-state index < -0.39 is 6.04 Å². The average Bonchev–Trinajstić information content (AvgIpc) is 2.59. The summed E-state index contributed by atoms with van der Waals surface area (Å²) in [5.41, 5.74) is 0.951. The first-order chi connectivity index (χ1) is 11.5. The maximum Gasteiger partial charge on any atom is 0.242 e. The summed E-state index contributed by atoms with van der Waals surface area (Å²) in [6, 6.07) is 7.10. The fourth-order valence-corrected chi connectivity index (χ4v) is 2.44. The van der Waals surface area contributed by atoms with Gasteiger partial charge in [-0.05, 0) is 37.5 Å². The number of nitrogens with zero attached hydrogens (tertiary/aromatic N) is 1. The molecule has 1 N–H and O–H groups in total. The lowest BCUT2D eigenvalue weighted by molar-refractivity contribution is -0.140. The first-order valence-corrected chi connectivity index (χ1v) is 8.73. The molecule has 2 amide bonds. The van der Waals surface area contributed by atoms with E-state index in [9.17, 15) is 9.59 Å². The van der Waals surface area contributed by atoms with Crippen molar-refractivity contribution in [2.75, 3.05) is 13.7 Å². The van der Waals surface area contributed by atoms with Gasteiger partial charge in [-0.15, -0.1) is 0 Å². The smallest absolute Gasteiger partial charge is 0.242 e. The minimum atomic E-state index is -0.493. The third kappa shape index (κ3) is 6.22. The van der Waals surface area contributed by atoms with Gasteiger partial charge in [-0.1, -0.05) is 32.4 Å². The number of hydrogen-bond acceptors (Lipinski definition) is 3. The van der Waals surface area contributed by atoms with Crippen LogP contribution in [0.5, 0.6) is 5.75 Å². The molecule has 0 fully saturated rings. The third-order valence-corrected chi connectivity index (χ3v) is 3.95. The Morgan fingerprint density at radius 3 is 2.62 bits per heavy atom. The van der Waals surface area contributed by atoms with E-state index in [0.29, 0.717) is 19.5 Å². The number of hydrogen-bond donors (Lipinski definition) is 1. The Labute approximate surface area is 145 Å². The van der Waals surface area contributed by atoms with Gasteiger partial charge in [0.15, 0.2) is 0 Å². The zero-order valence-electron chi connectivity index (χ0n) is 15.3. The molecule has 1 atom stereocenters. The average molecular weight is 334 g/mol. The molecular formula is C19H30N2O3. The van der Waals surface area contributed by atoms with Crippen LogP contribution in [0.3, 0.4) is 0 Å². The molecule has 0 saturated heterocycles. The van der Waals surface area contributed by atoms with Gasteiger partial charge in [-0.3, -0.25) is 9.59 Å². The zero-order valence-corrected chi connectivity index (χ0v) is 15.3. The van der Waals surface area contributed by atoms with Gasteiger partial charge < -0.3 is 15.0 Å². The van der Waals surface area contributed by atoms with Gasteiger partial charge in [0, 0.05) is 19.5 Å². The maximum absolute atomic E-state index is 12.5. The highest BCUT2D eigenvalue weighted by Crippen LogP contribution is 2.17. The summed E-state index contributed by atoms with van der Waals surface area (Å²) in [6.45, 7) is 6.88. The van der Waals surface area contributed by atoms with Crippen LogP contribution in [0.25, 0.3) is 0 Å². The topological polar surface area (TPSA) is 58.6 Å². The number of methoxy groups -OCH3 is 1. The van der Waals surface area contributed by atoms with Crippen LogP contribution in [-0.2, 0) is 16.1 Å². The summed E-state index contributed by atoms with van der Waals surface area (Å²) < 4.78 is 5.24. The van der Waals surface area contributed by atoms with Gasteiger partial charge in [0.1, 0.15) is 11.8 Å². The van der Waals surface area contributed by atoms with Gasteiger partial charge >= 0.3 is 0 Å². The van der Waals surface area contributed by atoms with Crippen LogP contribution < -0.4 is 10.1 Å². The summed E-state index contributed by atoms with van der Waals surface area (Å²) in [6.07, 6.45) is 3.17. The first-order valence-electron chi connectivity index (χ1n) is 8.73. The van der Waals surface area contributed by atoms with Crippen LogP contribution in [0.2, 0.25) is 0 Å². The van der Waals surface area contributed by atoms with Crippen molar-refractivity contribution in [3.05, 3.63) is 29.8 Å². The van der Waals surface area contributed by atoms with Gasteiger partial charge in [0.25, 0.3) is 0 Å². The highest BCUT2D eigenvalue weighted by atomic mass is 16.5. The quantitative estimate of drug-likeness (QED) is 0.669. The number of unbranched alkanes of at least 4 members (excludes halogenated alkanes) is 1. The number of amides is 2. The Kier molecular flexibility index (Phi) is 8.90. The molecule has 0 aliphatic rings. The Morgan fingerprint density at radius 1 is 1.25 bits per heavy atom. The normalized spacial score (nSPS) is 11.7. The summed E-state index contributed by atoms with van der Waals surface area (Å²) in [7, 11) is 1.61. The number of carbonyl (C=O) groups excluding carboxylic acids is 2. The second kappa shape index (κ2) is 10.7. The van der Waals surface area contributed by atoms with Crippen molar-refractivity contribution in [3.63, 3.8) is 0 Å². The standard InChI is InChI=1S/C19H30N2O3/c1-5-7-12-20-19(23)15(3)21(18(22)9-6-2)14-16-10-8-11-17(13-16)24-4/h8,10-11,13,15H,5-7,9,12,14H2,1-4H3,(H,20,23). The largest absolute Gasteiger partial charge is 0.497 e. The third-order valence-electron chi connectivity index (χ3n) is 3.95. The van der Waals surface area contributed by atoms with Gasteiger partial charge in [-0.25, -0.2) is 0 Å². The molecular weight excluding hydrogens is 304 g/mol. The molecule has 1 unspecified atom stereocenters. The van der Waals surface area contributed by atoms with Crippen molar-refractivity contribution in [2.45, 2.75) is 59.0 Å². The van der Waals surface area contributed by atoms with Crippen molar-refractivity contribution < 1.29 is 14.3 Å². The fraction of sp³-hybridized carbons (Fsp3) is 0.579. The second-order valence-electron chi connectivity index (χ2n) is 5.94. The molecule has 0 aromatic heterocycles. The lowest BCUT2D eigenvalue weighted by Gasteiger charge is -2.29. The second-order valence-corrected chi connectivity index (χ2v) is 5.94. The van der Waals surface area contributed by atoms with Crippen molar-refractivity contribution in [1.82, 2.24) is 10.2 Å². The molecule has 0 aliphatic carbocycles. The number of ether oxygens (including phenoxy) is 1. The molecule has 24 heavy (non-hydrogen) atoms. The van der Waals surface area contributed by atoms with Gasteiger partial charge in [0.05, 0.1) is 7.11 Å². The molecule has 1 rings (SSSR count). The van der Waals surface area contributed by atoms with Crippen molar-refractivity contribution in [1.29, 1.82) is 0 Å². The van der Waals surface area contributed by atoms with Gasteiger partial charge in [-0.2, -0.15) is 0 Å². The number of rotatable bonds is 10. The van der Waals surface area contributed by atoms with E-state index in [1.54, 1.807) is 18.9 Å². The van der Waals surface area contributed by atoms with Crippen molar-refractivity contribution in [2.24, 2.45) is 0 Å². The summed E-state index contributed by atoms with van der Waals surface area (Å²) in [5.74, 6) is 0.643. The molecule has 1 aromatic rings. The van der Waals surface area contributed by atoms with Gasteiger partial charge in [0.2, 0.25) is 11.8 Å². The summed E-state index contributed by atoms with van der Waals surface area (Å²) in [4.78, 5) is 26.5. The van der Waals surface area contributed by atoms with E-state index in [4.69, 9.17) is 4.74 Å². The van der Waals surface area contributed by atoms with Crippen LogP contribution in [0, 0.1) is 0 Å². The van der Waals surface area contributed by atoms with Crippen LogP contribution in [0.15, 0.2) is 24.3 Å². The first kappa shape index (κ1) is 20.0. The minimum Gasteiger partial charge on any atom is -0.497 e. The zero-order chi connectivity index (χ0) is 17.9. The molecule has 1 aromatic carbocycles. The maximum atomic E-state index is 12.5. The number of benzene rings is 1. The minimum absolute atomic E-state index is 0.00142. The van der Waals surface area contributed by atoms with E-state index in [2.05, 4.69) is 12.2 Å². The Bertz CT molecular complexity index is 531. The molecule has 0 saturated carbocycles. The highest BCUT2D eigenvalue weighted by Gasteiger charge is 2.25. The molecule has 0 spiro atoms. The Balaban J connectivity index is 2.86. The van der Waals surface area contributed by atoms with E-state index in [1.165, 1.54) is 0 Å². The summed E-state index contributed by atoms with van der Waals surface area (Å²) in [5, 5.41) is 2.91. The lowest BCUT2D eigenvalue weighted by atomic mass is 10.1. The molecule has 0 aliphatic heterocycles. The molecule has 5 heteroatoms. The molecule has 0 bridgehead atoms. The Hall–Kier alpha value is -2.04. The van der Waals surface area contributed by atoms with E-state index in [-0.39, 0.29) is 11.8 Å². The van der Waals surface area contributed by atoms with Crippen molar-refractivity contribution in [3.8, 4) is 5.75 Å². The summed E-state index contributed by atoms with van der Waals surface area (Å²) >= 11 is 0. The lowest BCUT2D eigenvalue weighted by Crippen LogP contribution is -2.47. The number of carbonyl (C=O) groups is 2. The molecule has 134 valence electrons. The molecule has 5 nitrogen and oxygen atoms in total. The fourth-order valence-electron chi connectivity index (χ4n) is 2.44.